The Hall–Kier alpha value is -3.12. The molecule has 2 aromatic rings. The summed E-state index contributed by atoms with van der Waals surface area (Å²) in [6.45, 7) is 8.61. The van der Waals surface area contributed by atoms with Gasteiger partial charge in [0.15, 0.2) is 0 Å². The first-order chi connectivity index (χ1) is 17.1. The van der Waals surface area contributed by atoms with Crippen molar-refractivity contribution >= 4 is 17.8 Å². The Balaban J connectivity index is 1.40. The highest BCUT2D eigenvalue weighted by molar-refractivity contribution is 5.92. The average Bonchev–Trinajstić information content (AvgIpc) is 2.87. The number of aliphatic carboxylic acids is 1. The summed E-state index contributed by atoms with van der Waals surface area (Å²) in [5.74, 6) is -0.991. The number of carboxylic acids is 1. The van der Waals surface area contributed by atoms with Gasteiger partial charge in [0.05, 0.1) is 17.8 Å². The average molecular weight is 501 g/mol. The predicted octanol–water partition coefficient (Wildman–Crippen LogP) is 1.71. The third kappa shape index (κ3) is 8.52. The number of piperidine rings is 1. The van der Waals surface area contributed by atoms with Gasteiger partial charge in [0.2, 0.25) is 5.95 Å². The van der Waals surface area contributed by atoms with Crippen LogP contribution in [0, 0.1) is 0 Å². The summed E-state index contributed by atoms with van der Waals surface area (Å²) in [6.07, 6.45) is 4.69. The Morgan fingerprint density at radius 3 is 2.19 bits per heavy atom. The number of anilines is 1. The molecule has 1 aliphatic heterocycles. The second kappa shape index (κ2) is 12.7. The molecule has 1 fully saturated rings. The van der Waals surface area contributed by atoms with E-state index in [1.807, 2.05) is 32.9 Å². The number of hydroxylamine groups is 1. The molecule has 1 saturated heterocycles. The molecule has 36 heavy (non-hydrogen) atoms. The van der Waals surface area contributed by atoms with Gasteiger partial charge >= 0.3 is 5.97 Å². The van der Waals surface area contributed by atoms with E-state index < -0.39 is 17.9 Å². The lowest BCUT2D eigenvalue weighted by molar-refractivity contribution is -0.142. The van der Waals surface area contributed by atoms with E-state index in [0.717, 1.165) is 43.6 Å². The number of nitrogens with one attached hydrogen (secondary N) is 3. The number of carboxylic acid groups (broad SMARTS) is 1. The molecule has 0 aliphatic carbocycles. The first-order valence-corrected chi connectivity index (χ1v) is 12.1. The van der Waals surface area contributed by atoms with Crippen LogP contribution in [-0.4, -0.2) is 69.5 Å². The van der Waals surface area contributed by atoms with Crippen molar-refractivity contribution in [3.8, 4) is 0 Å². The minimum Gasteiger partial charge on any atom is -0.480 e. The maximum absolute atomic E-state index is 11.5. The van der Waals surface area contributed by atoms with Gasteiger partial charge in [0.25, 0.3) is 5.91 Å². The van der Waals surface area contributed by atoms with Crippen LogP contribution in [0.25, 0.3) is 0 Å². The Morgan fingerprint density at radius 1 is 1.08 bits per heavy atom. The Labute approximate surface area is 211 Å². The third-order valence-corrected chi connectivity index (χ3v) is 5.93. The lowest BCUT2D eigenvalue weighted by atomic mass is 10.0. The maximum Gasteiger partial charge on any atom is 0.323 e. The van der Waals surface area contributed by atoms with Gasteiger partial charge in [-0.2, -0.15) is 0 Å². The van der Waals surface area contributed by atoms with Crippen molar-refractivity contribution in [1.29, 1.82) is 0 Å². The Bertz CT molecular complexity index is 985. The zero-order chi connectivity index (χ0) is 26.1. The van der Waals surface area contributed by atoms with Crippen LogP contribution in [-0.2, 0) is 22.6 Å². The SMILES string of the molecule is CC(C)(C)OC[C@H](NCc1ccc(CNC2CCN(c3ncc(C(=O)NO)cn3)CC2)cc1)C(=O)O. The fraction of sp³-hybridized carbons (Fsp3) is 0.520. The van der Waals surface area contributed by atoms with Crippen LogP contribution in [0.2, 0.25) is 0 Å². The van der Waals surface area contributed by atoms with Crippen LogP contribution in [0.3, 0.4) is 0 Å². The number of rotatable bonds is 11. The van der Waals surface area contributed by atoms with Crippen LogP contribution < -0.4 is 21.0 Å². The minimum atomic E-state index is -0.927. The van der Waals surface area contributed by atoms with Gasteiger partial charge in [0.1, 0.15) is 6.04 Å². The van der Waals surface area contributed by atoms with E-state index in [9.17, 15) is 14.7 Å². The van der Waals surface area contributed by atoms with E-state index in [4.69, 9.17) is 9.94 Å². The number of hydrogen-bond acceptors (Lipinski definition) is 9. The number of amides is 1. The molecule has 1 aliphatic rings. The molecule has 196 valence electrons. The number of hydrogen-bond donors (Lipinski definition) is 5. The van der Waals surface area contributed by atoms with E-state index >= 15 is 0 Å². The van der Waals surface area contributed by atoms with Crippen LogP contribution in [0.4, 0.5) is 5.95 Å². The second-order valence-corrected chi connectivity index (χ2v) is 9.87. The maximum atomic E-state index is 11.5. The highest BCUT2D eigenvalue weighted by atomic mass is 16.5. The second-order valence-electron chi connectivity index (χ2n) is 9.87. The van der Waals surface area contributed by atoms with Crippen LogP contribution in [0.5, 0.6) is 0 Å². The lowest BCUT2D eigenvalue weighted by Crippen LogP contribution is -2.43. The Kier molecular flexibility index (Phi) is 9.71. The van der Waals surface area contributed by atoms with Crippen molar-refractivity contribution in [2.24, 2.45) is 0 Å². The molecule has 1 aromatic carbocycles. The van der Waals surface area contributed by atoms with E-state index in [-0.39, 0.29) is 17.8 Å². The molecule has 0 unspecified atom stereocenters. The molecule has 0 saturated carbocycles. The van der Waals surface area contributed by atoms with Crippen molar-refractivity contribution in [1.82, 2.24) is 26.1 Å². The summed E-state index contributed by atoms with van der Waals surface area (Å²) >= 11 is 0. The molecule has 1 atom stereocenters. The van der Waals surface area contributed by atoms with Crippen molar-refractivity contribution in [2.75, 3.05) is 24.6 Å². The lowest BCUT2D eigenvalue weighted by Gasteiger charge is -2.32. The van der Waals surface area contributed by atoms with Crippen molar-refractivity contribution < 1.29 is 24.6 Å². The highest BCUT2D eigenvalue weighted by Gasteiger charge is 2.22. The van der Waals surface area contributed by atoms with Gasteiger partial charge in [-0.3, -0.25) is 20.1 Å². The summed E-state index contributed by atoms with van der Waals surface area (Å²) in [6, 6.07) is 7.74. The quantitative estimate of drug-likeness (QED) is 0.228. The fourth-order valence-electron chi connectivity index (χ4n) is 3.78. The predicted molar refractivity (Wildman–Crippen MR) is 134 cm³/mol. The largest absolute Gasteiger partial charge is 0.480 e. The molecule has 2 heterocycles. The zero-order valence-corrected chi connectivity index (χ0v) is 21.0. The van der Waals surface area contributed by atoms with Gasteiger partial charge in [-0.25, -0.2) is 15.4 Å². The van der Waals surface area contributed by atoms with Crippen molar-refractivity contribution in [3.05, 3.63) is 53.3 Å². The molecular formula is C25H36N6O5. The summed E-state index contributed by atoms with van der Waals surface area (Å²) in [7, 11) is 0. The van der Waals surface area contributed by atoms with Gasteiger partial charge < -0.3 is 20.1 Å². The zero-order valence-electron chi connectivity index (χ0n) is 21.0. The molecule has 0 radical (unpaired) electrons. The molecule has 1 amide bonds. The monoisotopic (exact) mass is 500 g/mol. The van der Waals surface area contributed by atoms with Gasteiger partial charge in [-0.15, -0.1) is 0 Å². The van der Waals surface area contributed by atoms with Crippen LogP contribution in [0.15, 0.2) is 36.7 Å². The van der Waals surface area contributed by atoms with Gasteiger partial charge in [0, 0.05) is 44.6 Å². The minimum absolute atomic E-state index is 0.109. The van der Waals surface area contributed by atoms with Crippen LogP contribution in [0.1, 0.15) is 55.1 Å². The van der Waals surface area contributed by atoms with E-state index in [2.05, 4.69) is 37.6 Å². The summed E-state index contributed by atoms with van der Waals surface area (Å²) in [4.78, 5) is 33.4. The Morgan fingerprint density at radius 2 is 1.67 bits per heavy atom. The number of aromatic nitrogens is 2. The third-order valence-electron chi connectivity index (χ3n) is 5.93. The van der Waals surface area contributed by atoms with E-state index in [1.165, 1.54) is 12.4 Å². The number of carbonyl (C=O) groups excluding carboxylic acids is 1. The smallest absolute Gasteiger partial charge is 0.323 e. The fourth-order valence-corrected chi connectivity index (χ4v) is 3.78. The van der Waals surface area contributed by atoms with Gasteiger partial charge in [-0.1, -0.05) is 24.3 Å². The van der Waals surface area contributed by atoms with Crippen molar-refractivity contribution in [3.63, 3.8) is 0 Å². The molecule has 11 nitrogen and oxygen atoms in total. The molecule has 11 heteroatoms. The molecule has 0 spiro atoms. The standard InChI is InChI=1S/C25H36N6O5/c1-25(2,3)36-16-21(23(33)34)27-13-18-6-4-17(5-7-18)12-26-20-8-10-31(11-9-20)24-28-14-19(15-29-24)22(32)30-35/h4-7,14-15,20-21,26-27,35H,8-13,16H2,1-3H3,(H,30,32)(H,33,34)/t21-/m0/s1. The first-order valence-electron chi connectivity index (χ1n) is 12.1. The topological polar surface area (TPSA) is 149 Å². The number of nitrogens with zero attached hydrogens (tertiary/aromatic N) is 3. The molecule has 5 N–H and O–H groups in total. The summed E-state index contributed by atoms with van der Waals surface area (Å²) < 4.78 is 5.61. The van der Waals surface area contributed by atoms with Gasteiger partial charge in [-0.05, 0) is 44.7 Å². The molecule has 0 bridgehead atoms. The molecule has 1 aromatic heterocycles. The first kappa shape index (κ1) is 27.5. The molecule has 3 rings (SSSR count). The molecular weight excluding hydrogens is 464 g/mol. The summed E-state index contributed by atoms with van der Waals surface area (Å²) in [5, 5.41) is 24.8. The van der Waals surface area contributed by atoms with E-state index in [0.29, 0.717) is 18.5 Å². The van der Waals surface area contributed by atoms with E-state index in [1.54, 1.807) is 5.48 Å². The number of benzene rings is 1. The summed E-state index contributed by atoms with van der Waals surface area (Å²) in [5.41, 5.74) is 3.56. The number of ether oxygens (including phenoxy) is 1. The van der Waals surface area contributed by atoms with Crippen LogP contribution >= 0.6 is 0 Å². The highest BCUT2D eigenvalue weighted by Crippen LogP contribution is 2.17. The van der Waals surface area contributed by atoms with Crippen molar-refractivity contribution in [2.45, 2.75) is 64.4 Å². The normalized spacial score (nSPS) is 15.5. The number of carbonyl (C=O) groups is 2.